The van der Waals surface area contributed by atoms with E-state index in [9.17, 15) is 0 Å². The summed E-state index contributed by atoms with van der Waals surface area (Å²) in [6.07, 6.45) is 1.66. The Balaban J connectivity index is 3.25. The first-order valence-electron chi connectivity index (χ1n) is 4.75. The molecule has 0 radical (unpaired) electrons. The molecule has 0 bridgehead atoms. The number of halogens is 1. The average Bonchev–Trinajstić information content (AvgIpc) is 2.10. The number of nitrogens with zero attached hydrogens (tertiary/aromatic N) is 1. The molecule has 2 nitrogen and oxygen atoms in total. The van der Waals surface area contributed by atoms with Gasteiger partial charge in [-0.3, -0.25) is 0 Å². The second kappa shape index (κ2) is 4.26. The molecule has 4 heteroatoms. The molecular weight excluding hydrogens is 224 g/mol. The summed E-state index contributed by atoms with van der Waals surface area (Å²) in [5, 5.41) is 0.619. The number of anilines is 1. The highest BCUT2D eigenvalue weighted by atomic mass is 35.5. The summed E-state index contributed by atoms with van der Waals surface area (Å²) in [7, 11) is -1.41. The topological polar surface area (TPSA) is 38.9 Å². The third-order valence-corrected chi connectivity index (χ3v) is 3.14. The number of nitrogens with two attached hydrogens (primary N) is 1. The van der Waals surface area contributed by atoms with Crippen LogP contribution in [0.25, 0.3) is 0 Å². The Bertz CT molecular complexity index is 438. The van der Waals surface area contributed by atoms with Crippen LogP contribution in [0.5, 0.6) is 0 Å². The number of pyridine rings is 1. The smallest absolute Gasteiger partial charge is 0.140 e. The Labute approximate surface area is 96.9 Å². The molecule has 1 aromatic heterocycles. The fourth-order valence-corrected chi connectivity index (χ4v) is 1.66. The zero-order valence-corrected chi connectivity index (χ0v) is 11.2. The molecule has 15 heavy (non-hydrogen) atoms. The van der Waals surface area contributed by atoms with Crippen LogP contribution in [0.2, 0.25) is 24.7 Å². The molecule has 0 aromatic carbocycles. The second-order valence-corrected chi connectivity index (χ2v) is 9.64. The van der Waals surface area contributed by atoms with Crippen LogP contribution in [0.15, 0.2) is 6.20 Å². The quantitative estimate of drug-likeness (QED) is 0.558. The molecule has 0 unspecified atom stereocenters. The van der Waals surface area contributed by atoms with Crippen molar-refractivity contribution >= 4 is 25.5 Å². The summed E-state index contributed by atoms with van der Waals surface area (Å²) in [6.45, 7) is 8.42. The number of nitrogen functional groups attached to an aromatic ring is 1. The van der Waals surface area contributed by atoms with E-state index in [0.717, 1.165) is 5.56 Å². The lowest BCUT2D eigenvalue weighted by Gasteiger charge is -2.06. The highest BCUT2D eigenvalue weighted by Gasteiger charge is 2.10. The van der Waals surface area contributed by atoms with Crippen LogP contribution in [0, 0.1) is 18.4 Å². The number of hydrogen-bond acceptors (Lipinski definition) is 2. The molecule has 80 valence electrons. The Morgan fingerprint density at radius 1 is 1.40 bits per heavy atom. The molecule has 0 saturated carbocycles. The standard InChI is InChI=1S/C11H15ClN2Si/c1-8-7-14-11(13)9(10(8)12)5-6-15(2,3)4/h7H,1-4H3,(H2,13,14). The van der Waals surface area contributed by atoms with Gasteiger partial charge in [0.15, 0.2) is 0 Å². The van der Waals surface area contributed by atoms with Crippen LogP contribution in [0.3, 0.4) is 0 Å². The van der Waals surface area contributed by atoms with Gasteiger partial charge in [-0.2, -0.15) is 0 Å². The lowest BCUT2D eigenvalue weighted by atomic mass is 10.2. The van der Waals surface area contributed by atoms with E-state index in [-0.39, 0.29) is 0 Å². The van der Waals surface area contributed by atoms with Crippen LogP contribution in [0.1, 0.15) is 11.1 Å². The Morgan fingerprint density at radius 2 is 2.00 bits per heavy atom. The van der Waals surface area contributed by atoms with E-state index in [4.69, 9.17) is 17.3 Å². The fraction of sp³-hybridized carbons (Fsp3) is 0.364. The third kappa shape index (κ3) is 3.26. The summed E-state index contributed by atoms with van der Waals surface area (Å²) in [5.74, 6) is 3.47. The van der Waals surface area contributed by atoms with Crippen LogP contribution in [-0.2, 0) is 0 Å². The van der Waals surface area contributed by atoms with Crippen molar-refractivity contribution in [1.82, 2.24) is 4.98 Å². The lowest BCUT2D eigenvalue weighted by molar-refractivity contribution is 1.26. The zero-order chi connectivity index (χ0) is 11.6. The van der Waals surface area contributed by atoms with Crippen LogP contribution in [-0.4, -0.2) is 13.1 Å². The van der Waals surface area contributed by atoms with Gasteiger partial charge in [0, 0.05) is 6.20 Å². The van der Waals surface area contributed by atoms with E-state index >= 15 is 0 Å². The number of aromatic nitrogens is 1. The van der Waals surface area contributed by atoms with Gasteiger partial charge in [-0.05, 0) is 12.5 Å². The van der Waals surface area contributed by atoms with Gasteiger partial charge in [0.25, 0.3) is 0 Å². The fourth-order valence-electron chi connectivity index (χ4n) is 0.966. The molecule has 0 spiro atoms. The molecule has 0 aliphatic heterocycles. The SMILES string of the molecule is Cc1cnc(N)c(C#C[Si](C)(C)C)c1Cl. The lowest BCUT2D eigenvalue weighted by Crippen LogP contribution is -2.16. The van der Waals surface area contributed by atoms with Gasteiger partial charge in [0.05, 0.1) is 10.6 Å². The van der Waals surface area contributed by atoms with E-state index in [1.807, 2.05) is 6.92 Å². The maximum atomic E-state index is 6.12. The summed E-state index contributed by atoms with van der Waals surface area (Å²) < 4.78 is 0. The molecule has 0 aliphatic rings. The Kier molecular flexibility index (Phi) is 3.43. The third-order valence-electron chi connectivity index (χ3n) is 1.78. The van der Waals surface area contributed by atoms with Gasteiger partial charge in [0.1, 0.15) is 13.9 Å². The molecule has 1 heterocycles. The molecule has 2 N–H and O–H groups in total. The predicted octanol–water partition coefficient (Wildman–Crippen LogP) is 2.85. The van der Waals surface area contributed by atoms with Crippen molar-refractivity contribution in [2.45, 2.75) is 26.6 Å². The van der Waals surface area contributed by atoms with E-state index in [1.54, 1.807) is 6.20 Å². The molecular formula is C11H15ClN2Si. The predicted molar refractivity (Wildman–Crippen MR) is 68.6 cm³/mol. The Morgan fingerprint density at radius 3 is 2.53 bits per heavy atom. The number of rotatable bonds is 0. The average molecular weight is 239 g/mol. The molecule has 1 rings (SSSR count). The van der Waals surface area contributed by atoms with E-state index in [1.165, 1.54) is 0 Å². The second-order valence-electron chi connectivity index (χ2n) is 4.52. The number of aryl methyl sites for hydroxylation is 1. The zero-order valence-electron chi connectivity index (χ0n) is 9.48. The highest BCUT2D eigenvalue weighted by molar-refractivity contribution is 6.83. The molecule has 1 aromatic rings. The van der Waals surface area contributed by atoms with Gasteiger partial charge in [0.2, 0.25) is 0 Å². The summed E-state index contributed by atoms with van der Waals surface area (Å²) in [6, 6.07) is 0. The highest BCUT2D eigenvalue weighted by Crippen LogP contribution is 2.22. The minimum absolute atomic E-state index is 0.413. The van der Waals surface area contributed by atoms with Gasteiger partial charge in [-0.1, -0.05) is 37.2 Å². The minimum atomic E-state index is -1.41. The van der Waals surface area contributed by atoms with Crippen molar-refractivity contribution in [3.05, 3.63) is 22.3 Å². The van der Waals surface area contributed by atoms with E-state index in [2.05, 4.69) is 36.1 Å². The molecule has 0 fully saturated rings. The molecule has 0 amide bonds. The van der Waals surface area contributed by atoms with Crippen molar-refractivity contribution in [3.8, 4) is 11.5 Å². The molecule has 0 aliphatic carbocycles. The van der Waals surface area contributed by atoms with Crippen molar-refractivity contribution in [3.63, 3.8) is 0 Å². The van der Waals surface area contributed by atoms with Crippen LogP contribution >= 0.6 is 11.6 Å². The first-order valence-corrected chi connectivity index (χ1v) is 8.63. The van der Waals surface area contributed by atoms with Gasteiger partial charge >= 0.3 is 0 Å². The van der Waals surface area contributed by atoms with Crippen LogP contribution in [0.4, 0.5) is 5.82 Å². The van der Waals surface area contributed by atoms with Crippen molar-refractivity contribution < 1.29 is 0 Å². The maximum Gasteiger partial charge on any atom is 0.140 e. The molecule has 0 saturated heterocycles. The first kappa shape index (κ1) is 12.1. The van der Waals surface area contributed by atoms with Crippen molar-refractivity contribution in [2.75, 3.05) is 5.73 Å². The first-order chi connectivity index (χ1) is 6.81. The van der Waals surface area contributed by atoms with Crippen molar-refractivity contribution in [1.29, 1.82) is 0 Å². The van der Waals surface area contributed by atoms with Crippen LogP contribution < -0.4 is 5.73 Å². The normalized spacial score (nSPS) is 10.7. The van der Waals surface area contributed by atoms with Gasteiger partial charge in [-0.25, -0.2) is 4.98 Å². The monoisotopic (exact) mass is 238 g/mol. The van der Waals surface area contributed by atoms with E-state index < -0.39 is 8.07 Å². The number of hydrogen-bond donors (Lipinski definition) is 1. The van der Waals surface area contributed by atoms with Crippen molar-refractivity contribution in [2.24, 2.45) is 0 Å². The largest absolute Gasteiger partial charge is 0.383 e. The minimum Gasteiger partial charge on any atom is -0.383 e. The Hall–Kier alpha value is -0.983. The maximum absolute atomic E-state index is 6.12. The molecule has 0 atom stereocenters. The summed E-state index contributed by atoms with van der Waals surface area (Å²) in [4.78, 5) is 4.05. The summed E-state index contributed by atoms with van der Waals surface area (Å²) >= 11 is 6.12. The van der Waals surface area contributed by atoms with Gasteiger partial charge < -0.3 is 5.73 Å². The van der Waals surface area contributed by atoms with Gasteiger partial charge in [-0.15, -0.1) is 5.54 Å². The van der Waals surface area contributed by atoms with E-state index in [0.29, 0.717) is 16.4 Å². The summed E-state index contributed by atoms with van der Waals surface area (Å²) in [5.41, 5.74) is 10.5.